The van der Waals surface area contributed by atoms with Crippen molar-refractivity contribution in [2.24, 2.45) is 0 Å². The monoisotopic (exact) mass is 349 g/mol. The van der Waals surface area contributed by atoms with E-state index in [-0.39, 0.29) is 27.1 Å². The summed E-state index contributed by atoms with van der Waals surface area (Å²) in [5, 5.41) is 2.96. The minimum atomic E-state index is -0.632. The first-order chi connectivity index (χ1) is 8.88. The van der Waals surface area contributed by atoms with Crippen LogP contribution in [0.1, 0.15) is 39.7 Å². The van der Waals surface area contributed by atoms with Gasteiger partial charge in [0.1, 0.15) is 10.5 Å². The zero-order chi connectivity index (χ0) is 14.6. The fourth-order valence-electron chi connectivity index (χ4n) is 1.69. The Labute approximate surface area is 125 Å². The predicted octanol–water partition coefficient (Wildman–Crippen LogP) is 2.53. The van der Waals surface area contributed by atoms with E-state index in [1.165, 1.54) is 10.9 Å². The van der Waals surface area contributed by atoms with Crippen molar-refractivity contribution < 1.29 is 4.79 Å². The molecule has 0 radical (unpaired) electrons. The van der Waals surface area contributed by atoms with E-state index in [1.807, 2.05) is 6.92 Å². The molecule has 19 heavy (non-hydrogen) atoms. The molecule has 0 aromatic carbocycles. The molecule has 0 bridgehead atoms. The predicted molar refractivity (Wildman–Crippen MR) is 78.4 cm³/mol. The SMILES string of the molecule is CCCC(C)NC(=O)C(C)n1cnc(Cl)c(Br)c1=O. The van der Waals surface area contributed by atoms with Gasteiger partial charge in [0.2, 0.25) is 5.91 Å². The first-order valence-electron chi connectivity index (χ1n) is 6.11. The van der Waals surface area contributed by atoms with Crippen molar-refractivity contribution in [2.75, 3.05) is 0 Å². The molecule has 5 nitrogen and oxygen atoms in total. The topological polar surface area (TPSA) is 64.0 Å². The van der Waals surface area contributed by atoms with Gasteiger partial charge in [0.05, 0.1) is 6.33 Å². The third kappa shape index (κ3) is 4.04. The van der Waals surface area contributed by atoms with Gasteiger partial charge in [-0.15, -0.1) is 0 Å². The molecule has 1 amide bonds. The van der Waals surface area contributed by atoms with Crippen molar-refractivity contribution in [1.29, 1.82) is 0 Å². The Bertz CT molecular complexity index is 518. The number of nitrogens with zero attached hydrogens (tertiary/aromatic N) is 2. The molecule has 0 saturated carbocycles. The summed E-state index contributed by atoms with van der Waals surface area (Å²) < 4.78 is 1.42. The van der Waals surface area contributed by atoms with E-state index in [9.17, 15) is 9.59 Å². The molecule has 0 aliphatic heterocycles. The molecule has 7 heteroatoms. The maximum absolute atomic E-state index is 12.0. The maximum atomic E-state index is 12.0. The van der Waals surface area contributed by atoms with Gasteiger partial charge in [-0.25, -0.2) is 4.98 Å². The highest BCUT2D eigenvalue weighted by Gasteiger charge is 2.19. The summed E-state index contributed by atoms with van der Waals surface area (Å²) in [7, 11) is 0. The molecule has 2 atom stereocenters. The maximum Gasteiger partial charge on any atom is 0.269 e. The van der Waals surface area contributed by atoms with Gasteiger partial charge in [0.15, 0.2) is 5.15 Å². The second kappa shape index (κ2) is 7.05. The van der Waals surface area contributed by atoms with Crippen LogP contribution < -0.4 is 10.9 Å². The lowest BCUT2D eigenvalue weighted by Gasteiger charge is -2.18. The van der Waals surface area contributed by atoms with E-state index >= 15 is 0 Å². The van der Waals surface area contributed by atoms with Gasteiger partial charge in [0, 0.05) is 6.04 Å². The van der Waals surface area contributed by atoms with Crippen molar-refractivity contribution in [2.45, 2.75) is 45.7 Å². The van der Waals surface area contributed by atoms with Crippen LogP contribution in [0.25, 0.3) is 0 Å². The summed E-state index contributed by atoms with van der Waals surface area (Å²) in [5.41, 5.74) is -0.370. The molecule has 2 unspecified atom stereocenters. The minimum absolute atomic E-state index is 0.0827. The number of hydrogen-bond acceptors (Lipinski definition) is 3. The quantitative estimate of drug-likeness (QED) is 0.830. The molecule has 1 aromatic rings. The lowest BCUT2D eigenvalue weighted by atomic mass is 10.2. The molecule has 0 spiro atoms. The van der Waals surface area contributed by atoms with Crippen LogP contribution in [0.15, 0.2) is 15.6 Å². The van der Waals surface area contributed by atoms with Crippen LogP contribution in [-0.4, -0.2) is 21.5 Å². The van der Waals surface area contributed by atoms with Crippen LogP contribution in [0.5, 0.6) is 0 Å². The number of aromatic nitrogens is 2. The number of carbonyl (C=O) groups is 1. The molecule has 106 valence electrons. The molecule has 0 fully saturated rings. The van der Waals surface area contributed by atoms with Gasteiger partial charge in [-0.3, -0.25) is 14.2 Å². The summed E-state index contributed by atoms with van der Waals surface area (Å²) in [6, 6.07) is -0.549. The normalized spacial score (nSPS) is 13.9. The Kier molecular flexibility index (Phi) is 6.00. The summed E-state index contributed by atoms with van der Waals surface area (Å²) in [4.78, 5) is 27.8. The zero-order valence-electron chi connectivity index (χ0n) is 11.1. The van der Waals surface area contributed by atoms with Gasteiger partial charge in [-0.1, -0.05) is 24.9 Å². The summed E-state index contributed by atoms with van der Waals surface area (Å²) in [6.45, 7) is 5.64. The van der Waals surface area contributed by atoms with Gasteiger partial charge >= 0.3 is 0 Å². The molecule has 0 aliphatic rings. The smallest absolute Gasteiger partial charge is 0.269 e. The van der Waals surface area contributed by atoms with Crippen LogP contribution in [-0.2, 0) is 4.79 Å². The van der Waals surface area contributed by atoms with E-state index in [0.29, 0.717) is 0 Å². The number of rotatable bonds is 5. The fourth-order valence-corrected chi connectivity index (χ4v) is 2.13. The molecule has 1 aromatic heterocycles. The standard InChI is InChI=1S/C12H17BrClN3O2/c1-4-5-7(2)16-11(18)8(3)17-6-15-10(14)9(13)12(17)19/h6-8H,4-5H2,1-3H3,(H,16,18). The zero-order valence-corrected chi connectivity index (χ0v) is 13.5. The Morgan fingerprint density at radius 1 is 1.58 bits per heavy atom. The molecule has 1 rings (SSSR count). The molecule has 1 N–H and O–H groups in total. The Morgan fingerprint density at radius 3 is 2.79 bits per heavy atom. The van der Waals surface area contributed by atoms with Crippen LogP contribution in [0, 0.1) is 0 Å². The van der Waals surface area contributed by atoms with Gasteiger partial charge in [-0.05, 0) is 36.2 Å². The number of nitrogens with one attached hydrogen (secondary N) is 1. The van der Waals surface area contributed by atoms with Crippen LogP contribution in [0.4, 0.5) is 0 Å². The third-order valence-corrected chi connectivity index (χ3v) is 4.04. The van der Waals surface area contributed by atoms with Crippen molar-refractivity contribution in [1.82, 2.24) is 14.9 Å². The van der Waals surface area contributed by atoms with Crippen molar-refractivity contribution in [3.05, 3.63) is 26.3 Å². The Balaban J connectivity index is 2.89. The van der Waals surface area contributed by atoms with Crippen molar-refractivity contribution in [3.63, 3.8) is 0 Å². The summed E-state index contributed by atoms with van der Waals surface area (Å²) in [5.74, 6) is -0.209. The second-order valence-corrected chi connectivity index (χ2v) is 5.59. The van der Waals surface area contributed by atoms with E-state index < -0.39 is 6.04 Å². The van der Waals surface area contributed by atoms with Gasteiger partial charge in [-0.2, -0.15) is 0 Å². The van der Waals surface area contributed by atoms with Crippen LogP contribution in [0.3, 0.4) is 0 Å². The number of amides is 1. The Morgan fingerprint density at radius 2 is 2.21 bits per heavy atom. The molecular weight excluding hydrogens is 334 g/mol. The van der Waals surface area contributed by atoms with Crippen LogP contribution >= 0.6 is 27.5 Å². The molecule has 0 saturated heterocycles. The van der Waals surface area contributed by atoms with Crippen LogP contribution in [0.2, 0.25) is 5.15 Å². The average molecular weight is 351 g/mol. The lowest BCUT2D eigenvalue weighted by Crippen LogP contribution is -2.40. The van der Waals surface area contributed by atoms with Gasteiger partial charge < -0.3 is 5.32 Å². The molecule has 1 heterocycles. The highest BCUT2D eigenvalue weighted by molar-refractivity contribution is 9.10. The number of halogens is 2. The highest BCUT2D eigenvalue weighted by Crippen LogP contribution is 2.15. The van der Waals surface area contributed by atoms with E-state index in [1.54, 1.807) is 6.92 Å². The lowest BCUT2D eigenvalue weighted by molar-refractivity contribution is -0.124. The van der Waals surface area contributed by atoms with E-state index in [4.69, 9.17) is 11.6 Å². The molecule has 0 aliphatic carbocycles. The second-order valence-electron chi connectivity index (χ2n) is 4.44. The Hall–Kier alpha value is -0.880. The minimum Gasteiger partial charge on any atom is -0.352 e. The number of hydrogen-bond donors (Lipinski definition) is 1. The molecular formula is C12H17BrClN3O2. The fraction of sp³-hybridized carbons (Fsp3) is 0.583. The summed E-state index contributed by atoms with van der Waals surface area (Å²) >= 11 is 8.79. The average Bonchev–Trinajstić information content (AvgIpc) is 2.35. The van der Waals surface area contributed by atoms with E-state index in [0.717, 1.165) is 12.8 Å². The first kappa shape index (κ1) is 16.2. The largest absolute Gasteiger partial charge is 0.352 e. The number of carbonyl (C=O) groups excluding carboxylic acids is 1. The highest BCUT2D eigenvalue weighted by atomic mass is 79.9. The van der Waals surface area contributed by atoms with Crippen molar-refractivity contribution in [3.8, 4) is 0 Å². The van der Waals surface area contributed by atoms with Crippen molar-refractivity contribution >= 4 is 33.4 Å². The first-order valence-corrected chi connectivity index (χ1v) is 7.28. The van der Waals surface area contributed by atoms with E-state index in [2.05, 4.69) is 33.2 Å². The third-order valence-electron chi connectivity index (χ3n) is 2.81. The van der Waals surface area contributed by atoms with Gasteiger partial charge in [0.25, 0.3) is 5.56 Å². The summed E-state index contributed by atoms with van der Waals surface area (Å²) in [6.07, 6.45) is 3.17.